The Hall–Kier alpha value is -2.41. The van der Waals surface area contributed by atoms with Crippen molar-refractivity contribution in [3.05, 3.63) is 22.8 Å². The third kappa shape index (κ3) is 2.59. The Kier molecular flexibility index (Phi) is 4.23. The lowest BCUT2D eigenvalue weighted by molar-refractivity contribution is 0.0690. The number of benzene rings is 1. The standard InChI is InChI=1S/C13H13ClN2O5/c1-19-9-4-6(14)11(20-2)10(12(9)21-3)7-5-8(13(17)18)16-15-7/h4-5H,1-3H3,(H,15,16)(H,17,18). The average molecular weight is 313 g/mol. The van der Waals surface area contributed by atoms with Crippen molar-refractivity contribution in [2.24, 2.45) is 0 Å². The molecular weight excluding hydrogens is 300 g/mol. The van der Waals surface area contributed by atoms with Crippen molar-refractivity contribution in [3.8, 4) is 28.5 Å². The highest BCUT2D eigenvalue weighted by Gasteiger charge is 2.24. The van der Waals surface area contributed by atoms with Crippen LogP contribution in [0.5, 0.6) is 17.2 Å². The van der Waals surface area contributed by atoms with E-state index in [0.717, 1.165) is 0 Å². The van der Waals surface area contributed by atoms with Crippen molar-refractivity contribution in [1.29, 1.82) is 0 Å². The van der Waals surface area contributed by atoms with Gasteiger partial charge in [-0.25, -0.2) is 4.79 Å². The molecule has 0 aliphatic rings. The Morgan fingerprint density at radius 2 is 1.86 bits per heavy atom. The molecule has 1 aromatic heterocycles. The van der Waals surface area contributed by atoms with Gasteiger partial charge in [0.05, 0.1) is 31.9 Å². The van der Waals surface area contributed by atoms with E-state index in [1.54, 1.807) is 6.07 Å². The molecule has 7 nitrogen and oxygen atoms in total. The lowest BCUT2D eigenvalue weighted by Crippen LogP contribution is -1.98. The van der Waals surface area contributed by atoms with Gasteiger partial charge in [0.25, 0.3) is 0 Å². The summed E-state index contributed by atoms with van der Waals surface area (Å²) in [6.45, 7) is 0. The Balaban J connectivity index is 2.74. The molecule has 0 spiro atoms. The lowest BCUT2D eigenvalue weighted by Gasteiger charge is -2.16. The molecule has 112 valence electrons. The summed E-state index contributed by atoms with van der Waals surface area (Å²) in [5, 5.41) is 15.6. The molecule has 0 atom stereocenters. The number of carbonyl (C=O) groups is 1. The van der Waals surface area contributed by atoms with Gasteiger partial charge in [0.1, 0.15) is 11.4 Å². The first-order valence-electron chi connectivity index (χ1n) is 5.81. The van der Waals surface area contributed by atoms with Crippen molar-refractivity contribution in [1.82, 2.24) is 10.2 Å². The van der Waals surface area contributed by atoms with Gasteiger partial charge in [0.2, 0.25) is 0 Å². The Morgan fingerprint density at radius 1 is 1.19 bits per heavy atom. The molecule has 0 unspecified atom stereocenters. The first kappa shape index (κ1) is 15.0. The number of H-pyrrole nitrogens is 1. The van der Waals surface area contributed by atoms with Gasteiger partial charge in [-0.2, -0.15) is 5.10 Å². The quantitative estimate of drug-likeness (QED) is 0.880. The minimum absolute atomic E-state index is 0.0620. The Bertz CT molecular complexity index is 683. The van der Waals surface area contributed by atoms with E-state index in [0.29, 0.717) is 33.5 Å². The molecule has 1 aromatic carbocycles. The topological polar surface area (TPSA) is 93.7 Å². The zero-order chi connectivity index (χ0) is 15.6. The summed E-state index contributed by atoms with van der Waals surface area (Å²) in [6.07, 6.45) is 0. The van der Waals surface area contributed by atoms with E-state index in [-0.39, 0.29) is 5.69 Å². The molecule has 1 heterocycles. The summed E-state index contributed by atoms with van der Waals surface area (Å²) in [7, 11) is 4.37. The van der Waals surface area contributed by atoms with Gasteiger partial charge in [-0.1, -0.05) is 11.6 Å². The summed E-state index contributed by atoms with van der Waals surface area (Å²) in [5.74, 6) is -0.0706. The fourth-order valence-corrected chi connectivity index (χ4v) is 2.21. The van der Waals surface area contributed by atoms with Crippen LogP contribution in [0, 0.1) is 0 Å². The van der Waals surface area contributed by atoms with Crippen LogP contribution in [0.4, 0.5) is 0 Å². The third-order valence-electron chi connectivity index (χ3n) is 2.85. The number of rotatable bonds is 5. The van der Waals surface area contributed by atoms with Gasteiger partial charge in [-0.05, 0) is 6.07 Å². The summed E-state index contributed by atoms with van der Waals surface area (Å²) >= 11 is 6.15. The predicted octanol–water partition coefficient (Wildman–Crippen LogP) is 2.45. The first-order valence-corrected chi connectivity index (χ1v) is 6.18. The van der Waals surface area contributed by atoms with Crippen molar-refractivity contribution in [3.63, 3.8) is 0 Å². The normalized spacial score (nSPS) is 10.3. The van der Waals surface area contributed by atoms with Crippen LogP contribution in [0.25, 0.3) is 11.3 Å². The van der Waals surface area contributed by atoms with Crippen molar-refractivity contribution in [2.75, 3.05) is 21.3 Å². The number of methoxy groups -OCH3 is 3. The highest BCUT2D eigenvalue weighted by molar-refractivity contribution is 6.33. The zero-order valence-electron chi connectivity index (χ0n) is 11.6. The molecular formula is C13H13ClN2O5. The van der Waals surface area contributed by atoms with E-state index in [1.165, 1.54) is 27.4 Å². The van der Waals surface area contributed by atoms with Gasteiger partial charge in [0.15, 0.2) is 17.2 Å². The maximum atomic E-state index is 11.0. The number of hydrogen-bond donors (Lipinski definition) is 2. The van der Waals surface area contributed by atoms with Crippen molar-refractivity contribution < 1.29 is 24.1 Å². The Morgan fingerprint density at radius 3 is 2.33 bits per heavy atom. The molecule has 0 saturated heterocycles. The third-order valence-corrected chi connectivity index (χ3v) is 3.13. The van der Waals surface area contributed by atoms with E-state index in [9.17, 15) is 4.79 Å². The fourth-order valence-electron chi connectivity index (χ4n) is 1.94. The second-order valence-corrected chi connectivity index (χ2v) is 4.38. The number of carboxylic acids is 1. The smallest absolute Gasteiger partial charge is 0.353 e. The van der Waals surface area contributed by atoms with Crippen LogP contribution in [-0.4, -0.2) is 42.6 Å². The average Bonchev–Trinajstić information content (AvgIpc) is 2.95. The van der Waals surface area contributed by atoms with Crippen LogP contribution in [0.2, 0.25) is 5.02 Å². The second-order valence-electron chi connectivity index (χ2n) is 3.97. The molecule has 8 heteroatoms. The fraction of sp³-hybridized carbons (Fsp3) is 0.231. The summed E-state index contributed by atoms with van der Waals surface area (Å²) < 4.78 is 15.8. The van der Waals surface area contributed by atoms with E-state index in [1.807, 2.05) is 0 Å². The van der Waals surface area contributed by atoms with Crippen LogP contribution >= 0.6 is 11.6 Å². The van der Waals surface area contributed by atoms with E-state index in [2.05, 4.69) is 10.2 Å². The number of aromatic amines is 1. The summed E-state index contributed by atoms with van der Waals surface area (Å²) in [6, 6.07) is 2.91. The largest absolute Gasteiger partial charge is 0.494 e. The van der Waals surface area contributed by atoms with Crippen LogP contribution in [0.15, 0.2) is 12.1 Å². The first-order chi connectivity index (χ1) is 10.0. The summed E-state index contributed by atoms with van der Waals surface area (Å²) in [5.41, 5.74) is 0.669. The van der Waals surface area contributed by atoms with Crippen molar-refractivity contribution in [2.45, 2.75) is 0 Å². The van der Waals surface area contributed by atoms with E-state index >= 15 is 0 Å². The van der Waals surface area contributed by atoms with E-state index < -0.39 is 5.97 Å². The molecule has 0 aliphatic heterocycles. The number of aromatic carboxylic acids is 1. The van der Waals surface area contributed by atoms with Gasteiger partial charge in [0, 0.05) is 6.07 Å². The van der Waals surface area contributed by atoms with Crippen LogP contribution < -0.4 is 14.2 Å². The van der Waals surface area contributed by atoms with Crippen LogP contribution in [-0.2, 0) is 0 Å². The molecule has 0 radical (unpaired) electrons. The van der Waals surface area contributed by atoms with Gasteiger partial charge < -0.3 is 19.3 Å². The number of nitrogens with one attached hydrogen (secondary N) is 1. The number of nitrogens with zero attached hydrogens (tertiary/aromatic N) is 1. The SMILES string of the molecule is COc1cc(Cl)c(OC)c(-c2cc(C(=O)O)[nH]n2)c1OC. The molecule has 2 rings (SSSR count). The number of aromatic nitrogens is 2. The number of carboxylic acid groups (broad SMARTS) is 1. The van der Waals surface area contributed by atoms with Gasteiger partial charge in [-0.15, -0.1) is 0 Å². The van der Waals surface area contributed by atoms with E-state index in [4.69, 9.17) is 30.9 Å². The number of ether oxygens (including phenoxy) is 3. The maximum absolute atomic E-state index is 11.0. The number of halogens is 1. The minimum Gasteiger partial charge on any atom is -0.494 e. The van der Waals surface area contributed by atoms with Gasteiger partial charge >= 0.3 is 5.97 Å². The molecule has 0 fully saturated rings. The minimum atomic E-state index is -1.12. The molecule has 0 saturated carbocycles. The maximum Gasteiger partial charge on any atom is 0.353 e. The molecule has 21 heavy (non-hydrogen) atoms. The predicted molar refractivity (Wildman–Crippen MR) is 75.6 cm³/mol. The highest BCUT2D eigenvalue weighted by Crippen LogP contribution is 2.48. The number of hydrogen-bond acceptors (Lipinski definition) is 5. The lowest BCUT2D eigenvalue weighted by atomic mass is 10.1. The highest BCUT2D eigenvalue weighted by atomic mass is 35.5. The molecule has 0 aliphatic carbocycles. The monoisotopic (exact) mass is 312 g/mol. The molecule has 2 N–H and O–H groups in total. The second kappa shape index (κ2) is 5.92. The Labute approximate surface area is 125 Å². The van der Waals surface area contributed by atoms with Crippen molar-refractivity contribution >= 4 is 17.6 Å². The molecule has 0 bridgehead atoms. The molecule has 0 amide bonds. The van der Waals surface area contributed by atoms with Crippen LogP contribution in [0.3, 0.4) is 0 Å². The molecule has 2 aromatic rings. The van der Waals surface area contributed by atoms with Gasteiger partial charge in [-0.3, -0.25) is 5.10 Å². The van der Waals surface area contributed by atoms with Crippen LogP contribution in [0.1, 0.15) is 10.5 Å². The summed E-state index contributed by atoms with van der Waals surface area (Å²) in [4.78, 5) is 11.0. The zero-order valence-corrected chi connectivity index (χ0v) is 12.3.